The highest BCUT2D eigenvalue weighted by Gasteiger charge is 2.27. The normalized spacial score (nSPS) is 18.7. The van der Waals surface area contributed by atoms with Crippen LogP contribution in [0.15, 0.2) is 34.8 Å². The van der Waals surface area contributed by atoms with E-state index in [1.165, 1.54) is 44.6 Å². The Balaban J connectivity index is 2.47. The van der Waals surface area contributed by atoms with Gasteiger partial charge in [-0.2, -0.15) is 0 Å². The van der Waals surface area contributed by atoms with Gasteiger partial charge in [0.15, 0.2) is 5.78 Å². The maximum Gasteiger partial charge on any atom is 0.305 e. The van der Waals surface area contributed by atoms with E-state index in [1.807, 2.05) is 6.26 Å². The van der Waals surface area contributed by atoms with Gasteiger partial charge in [-0.3, -0.25) is 9.59 Å². The molecular formula is C22H34O3S. The second kappa shape index (κ2) is 13.9. The van der Waals surface area contributed by atoms with Gasteiger partial charge in [-0.1, -0.05) is 56.9 Å². The van der Waals surface area contributed by atoms with Crippen molar-refractivity contribution in [3.8, 4) is 0 Å². The van der Waals surface area contributed by atoms with E-state index in [-0.39, 0.29) is 17.7 Å². The van der Waals surface area contributed by atoms with Crippen molar-refractivity contribution in [3.05, 3.63) is 34.8 Å². The molecule has 1 aliphatic rings. The van der Waals surface area contributed by atoms with Gasteiger partial charge in [-0.15, -0.1) is 11.8 Å². The lowest BCUT2D eigenvalue weighted by molar-refractivity contribution is -0.140. The van der Waals surface area contributed by atoms with Crippen LogP contribution in [0.5, 0.6) is 0 Å². The van der Waals surface area contributed by atoms with Crippen LogP contribution in [0.1, 0.15) is 71.1 Å². The Morgan fingerprint density at radius 3 is 2.58 bits per heavy atom. The number of ketones is 1. The quantitative estimate of drug-likeness (QED) is 0.170. The number of hydrogen-bond acceptors (Lipinski definition) is 4. The Kier molecular flexibility index (Phi) is 12.1. The van der Waals surface area contributed by atoms with Gasteiger partial charge in [0.05, 0.1) is 12.0 Å². The van der Waals surface area contributed by atoms with Crippen LogP contribution in [0.2, 0.25) is 0 Å². The van der Waals surface area contributed by atoms with Crippen LogP contribution in [0, 0.1) is 5.92 Å². The number of allylic oxidation sites excluding steroid dienone is 6. The minimum absolute atomic E-state index is 0.131. The monoisotopic (exact) mass is 378 g/mol. The van der Waals surface area contributed by atoms with Crippen molar-refractivity contribution in [2.24, 2.45) is 5.92 Å². The highest BCUT2D eigenvalue weighted by Crippen LogP contribution is 2.33. The molecule has 0 bridgehead atoms. The molecule has 0 radical (unpaired) electrons. The standard InChI is InChI=1S/C22H34O3S/c1-4-5-6-7-8-11-14-18-17-20(26-3)22(24)19(18)15-12-9-10-13-16-21(23)25-2/h11,14-15,17-18H,4-10,12-13,16H2,1-3H3. The van der Waals surface area contributed by atoms with E-state index in [0.717, 1.165) is 42.6 Å². The van der Waals surface area contributed by atoms with E-state index in [9.17, 15) is 9.59 Å². The summed E-state index contributed by atoms with van der Waals surface area (Å²) >= 11 is 1.54. The van der Waals surface area contributed by atoms with E-state index in [0.29, 0.717) is 6.42 Å². The maximum atomic E-state index is 12.5. The number of ether oxygens (including phenoxy) is 1. The van der Waals surface area contributed by atoms with Crippen LogP contribution in [-0.2, 0) is 14.3 Å². The Morgan fingerprint density at radius 2 is 1.88 bits per heavy atom. The molecule has 0 aromatic rings. The average Bonchev–Trinajstić information content (AvgIpc) is 2.95. The lowest BCUT2D eigenvalue weighted by Gasteiger charge is -2.05. The number of carbonyl (C=O) groups excluding carboxylic acids is 2. The lowest BCUT2D eigenvalue weighted by Crippen LogP contribution is -2.02. The number of carbonyl (C=O) groups is 2. The number of unbranched alkanes of at least 4 members (excludes halogenated alkanes) is 7. The first-order chi connectivity index (χ1) is 12.6. The molecule has 1 atom stereocenters. The molecule has 0 saturated heterocycles. The van der Waals surface area contributed by atoms with E-state index in [4.69, 9.17) is 0 Å². The van der Waals surface area contributed by atoms with E-state index in [1.54, 1.807) is 0 Å². The fraction of sp³-hybridized carbons (Fsp3) is 0.636. The second-order valence-corrected chi connectivity index (χ2v) is 7.55. The molecule has 3 nitrogen and oxygen atoms in total. The zero-order chi connectivity index (χ0) is 19.2. The number of hydrogen-bond donors (Lipinski definition) is 0. The average molecular weight is 379 g/mol. The lowest BCUT2D eigenvalue weighted by atomic mass is 9.98. The molecule has 0 saturated carbocycles. The second-order valence-electron chi connectivity index (χ2n) is 6.70. The van der Waals surface area contributed by atoms with Crippen molar-refractivity contribution in [1.29, 1.82) is 0 Å². The highest BCUT2D eigenvalue weighted by molar-refractivity contribution is 8.03. The van der Waals surface area contributed by atoms with Crippen LogP contribution < -0.4 is 0 Å². The first-order valence-electron chi connectivity index (χ1n) is 9.88. The molecule has 4 heteroatoms. The molecule has 0 aromatic carbocycles. The Bertz CT molecular complexity index is 532. The molecule has 0 amide bonds. The predicted molar refractivity (Wildman–Crippen MR) is 111 cm³/mol. The van der Waals surface area contributed by atoms with Gasteiger partial charge in [-0.05, 0) is 38.4 Å². The molecule has 0 fully saturated rings. The molecule has 0 spiro atoms. The Hall–Kier alpha value is -1.29. The van der Waals surface area contributed by atoms with Gasteiger partial charge in [0.25, 0.3) is 0 Å². The molecular weight excluding hydrogens is 344 g/mol. The Labute approximate surface area is 163 Å². The highest BCUT2D eigenvalue weighted by atomic mass is 32.2. The molecule has 146 valence electrons. The summed E-state index contributed by atoms with van der Waals surface area (Å²) in [7, 11) is 1.42. The summed E-state index contributed by atoms with van der Waals surface area (Å²) in [6.07, 6.45) is 20.9. The minimum atomic E-state index is -0.146. The summed E-state index contributed by atoms with van der Waals surface area (Å²) in [5.41, 5.74) is 0.923. The summed E-state index contributed by atoms with van der Waals surface area (Å²) in [4.78, 5) is 24.5. The number of methoxy groups -OCH3 is 1. The predicted octanol–water partition coefficient (Wildman–Crippen LogP) is 6.01. The van der Waals surface area contributed by atoms with E-state index < -0.39 is 0 Å². The number of rotatable bonds is 13. The number of Topliss-reactive ketones (excluding diaryl/α,β-unsaturated/α-hetero) is 1. The van der Waals surface area contributed by atoms with E-state index >= 15 is 0 Å². The largest absolute Gasteiger partial charge is 0.469 e. The van der Waals surface area contributed by atoms with Crippen molar-refractivity contribution in [1.82, 2.24) is 0 Å². The molecule has 0 heterocycles. The van der Waals surface area contributed by atoms with Crippen LogP contribution >= 0.6 is 11.8 Å². The maximum absolute atomic E-state index is 12.5. The zero-order valence-corrected chi connectivity index (χ0v) is 17.4. The van der Waals surface area contributed by atoms with Crippen molar-refractivity contribution < 1.29 is 14.3 Å². The first kappa shape index (κ1) is 22.8. The molecule has 1 unspecified atom stereocenters. The summed E-state index contributed by atoms with van der Waals surface area (Å²) in [6, 6.07) is 0. The molecule has 0 aromatic heterocycles. The summed E-state index contributed by atoms with van der Waals surface area (Å²) < 4.78 is 4.65. The first-order valence-corrected chi connectivity index (χ1v) is 11.1. The number of thioether (sulfide) groups is 1. The number of esters is 1. The molecule has 26 heavy (non-hydrogen) atoms. The third-order valence-corrected chi connectivity index (χ3v) is 5.40. The fourth-order valence-corrected chi connectivity index (χ4v) is 3.64. The van der Waals surface area contributed by atoms with Gasteiger partial charge >= 0.3 is 5.97 Å². The van der Waals surface area contributed by atoms with Gasteiger partial charge in [-0.25, -0.2) is 0 Å². The summed E-state index contributed by atoms with van der Waals surface area (Å²) in [6.45, 7) is 2.22. The minimum Gasteiger partial charge on any atom is -0.469 e. The fourth-order valence-electron chi connectivity index (χ4n) is 3.05. The SMILES string of the molecule is CCCCCCC=CC1C=C(SC)C(=O)C1=CCCCCCC(=O)OC. The molecule has 0 aliphatic heterocycles. The van der Waals surface area contributed by atoms with Gasteiger partial charge in [0.1, 0.15) is 0 Å². The van der Waals surface area contributed by atoms with Gasteiger partial charge in [0.2, 0.25) is 0 Å². The van der Waals surface area contributed by atoms with Gasteiger partial charge in [0, 0.05) is 17.9 Å². The van der Waals surface area contributed by atoms with Gasteiger partial charge < -0.3 is 4.74 Å². The summed E-state index contributed by atoms with van der Waals surface area (Å²) in [5, 5.41) is 0. The van der Waals surface area contributed by atoms with Crippen LogP contribution in [0.25, 0.3) is 0 Å². The third-order valence-electron chi connectivity index (χ3n) is 4.64. The molecule has 1 aliphatic carbocycles. The Morgan fingerprint density at radius 1 is 1.15 bits per heavy atom. The van der Waals surface area contributed by atoms with Crippen LogP contribution in [0.3, 0.4) is 0 Å². The summed E-state index contributed by atoms with van der Waals surface area (Å²) in [5.74, 6) is 0.172. The molecule has 1 rings (SSSR count). The van der Waals surface area contributed by atoms with Crippen LogP contribution in [-0.4, -0.2) is 25.1 Å². The van der Waals surface area contributed by atoms with Crippen molar-refractivity contribution >= 4 is 23.5 Å². The zero-order valence-electron chi connectivity index (χ0n) is 16.6. The topological polar surface area (TPSA) is 43.4 Å². The molecule has 0 N–H and O–H groups in total. The van der Waals surface area contributed by atoms with E-state index in [2.05, 4.69) is 36.0 Å². The smallest absolute Gasteiger partial charge is 0.305 e. The van der Waals surface area contributed by atoms with Crippen LogP contribution in [0.4, 0.5) is 0 Å². The van der Waals surface area contributed by atoms with Crippen molar-refractivity contribution in [3.63, 3.8) is 0 Å². The van der Waals surface area contributed by atoms with Crippen molar-refractivity contribution in [2.45, 2.75) is 71.1 Å². The van der Waals surface area contributed by atoms with Crippen molar-refractivity contribution in [2.75, 3.05) is 13.4 Å². The third kappa shape index (κ3) is 8.39.